The second kappa shape index (κ2) is 6.45. The number of rotatable bonds is 5. The van der Waals surface area contributed by atoms with E-state index >= 15 is 0 Å². The van der Waals surface area contributed by atoms with Gasteiger partial charge in [-0.2, -0.15) is 0 Å². The van der Waals surface area contributed by atoms with E-state index in [0.29, 0.717) is 6.54 Å². The summed E-state index contributed by atoms with van der Waals surface area (Å²) in [5.74, 6) is -0.0578. The molecule has 0 aliphatic carbocycles. The highest BCUT2D eigenvalue weighted by molar-refractivity contribution is 9.11. The fraction of sp³-hybridized carbons (Fsp3) is 0.250. The Morgan fingerprint density at radius 3 is 2.50 bits per heavy atom. The molecule has 1 aromatic rings. The maximum absolute atomic E-state index is 11.5. The van der Waals surface area contributed by atoms with Gasteiger partial charge in [0.2, 0.25) is 5.91 Å². The monoisotopic (exact) mass is 282 g/mol. The van der Waals surface area contributed by atoms with Crippen molar-refractivity contribution in [3.63, 3.8) is 0 Å². The molecule has 1 aromatic carbocycles. The van der Waals surface area contributed by atoms with Crippen molar-refractivity contribution in [2.24, 2.45) is 0 Å². The standard InChI is InChI=1S/C12H15BrN2O/c1-9-3-5-11(6-4-9)15-12(16)8-14-7-10(2)13/h3-6,14H,2,7-8H2,1H3,(H,15,16). The lowest BCUT2D eigenvalue weighted by Crippen LogP contribution is -2.28. The minimum absolute atomic E-state index is 0.0578. The van der Waals surface area contributed by atoms with Gasteiger partial charge in [0, 0.05) is 16.7 Å². The van der Waals surface area contributed by atoms with Crippen LogP contribution >= 0.6 is 15.9 Å². The first-order valence-electron chi connectivity index (χ1n) is 4.98. The molecule has 0 fully saturated rings. The average molecular weight is 283 g/mol. The van der Waals surface area contributed by atoms with E-state index in [2.05, 4.69) is 33.1 Å². The van der Waals surface area contributed by atoms with Crippen LogP contribution in [0.15, 0.2) is 35.3 Å². The Bertz CT molecular complexity index is 373. The molecule has 0 unspecified atom stereocenters. The molecule has 86 valence electrons. The second-order valence-electron chi connectivity index (χ2n) is 3.54. The van der Waals surface area contributed by atoms with Crippen LogP contribution in [0.3, 0.4) is 0 Å². The molecule has 0 atom stereocenters. The van der Waals surface area contributed by atoms with Crippen LogP contribution in [0.1, 0.15) is 5.56 Å². The molecule has 0 heterocycles. The van der Waals surface area contributed by atoms with Gasteiger partial charge in [-0.05, 0) is 19.1 Å². The predicted octanol–water partition coefficient (Wildman–Crippen LogP) is 2.43. The van der Waals surface area contributed by atoms with Gasteiger partial charge in [0.1, 0.15) is 0 Å². The summed E-state index contributed by atoms with van der Waals surface area (Å²) < 4.78 is 0.829. The van der Waals surface area contributed by atoms with E-state index in [0.717, 1.165) is 10.2 Å². The van der Waals surface area contributed by atoms with Crippen molar-refractivity contribution in [3.05, 3.63) is 40.9 Å². The Morgan fingerprint density at radius 2 is 1.94 bits per heavy atom. The van der Waals surface area contributed by atoms with E-state index in [4.69, 9.17) is 0 Å². The van der Waals surface area contributed by atoms with Crippen molar-refractivity contribution < 1.29 is 4.79 Å². The quantitative estimate of drug-likeness (QED) is 0.871. The Balaban J connectivity index is 2.34. The first-order chi connectivity index (χ1) is 7.58. The van der Waals surface area contributed by atoms with Crippen LogP contribution in [0.5, 0.6) is 0 Å². The van der Waals surface area contributed by atoms with Gasteiger partial charge in [0.05, 0.1) is 6.54 Å². The summed E-state index contributed by atoms with van der Waals surface area (Å²) in [6.45, 7) is 6.54. The average Bonchev–Trinajstić information content (AvgIpc) is 2.21. The molecule has 2 N–H and O–H groups in total. The van der Waals surface area contributed by atoms with Gasteiger partial charge in [0.15, 0.2) is 0 Å². The predicted molar refractivity (Wildman–Crippen MR) is 70.7 cm³/mol. The summed E-state index contributed by atoms with van der Waals surface area (Å²) in [6.07, 6.45) is 0. The van der Waals surface area contributed by atoms with Crippen molar-refractivity contribution in [1.29, 1.82) is 0 Å². The number of carbonyl (C=O) groups is 1. The Morgan fingerprint density at radius 1 is 1.31 bits per heavy atom. The molecule has 1 amide bonds. The van der Waals surface area contributed by atoms with E-state index < -0.39 is 0 Å². The number of carbonyl (C=O) groups excluding carboxylic acids is 1. The molecule has 1 rings (SSSR count). The van der Waals surface area contributed by atoms with Crippen LogP contribution in [-0.4, -0.2) is 19.0 Å². The molecule has 0 saturated heterocycles. The topological polar surface area (TPSA) is 41.1 Å². The largest absolute Gasteiger partial charge is 0.325 e. The second-order valence-corrected chi connectivity index (χ2v) is 4.66. The molecular formula is C12H15BrN2O. The molecule has 0 aromatic heterocycles. The molecule has 0 saturated carbocycles. The lowest BCUT2D eigenvalue weighted by Gasteiger charge is -2.06. The fourth-order valence-electron chi connectivity index (χ4n) is 1.15. The summed E-state index contributed by atoms with van der Waals surface area (Å²) in [5.41, 5.74) is 1.99. The summed E-state index contributed by atoms with van der Waals surface area (Å²) in [7, 11) is 0. The highest BCUT2D eigenvalue weighted by Crippen LogP contribution is 2.07. The molecule has 0 bridgehead atoms. The first kappa shape index (κ1) is 12.9. The minimum atomic E-state index is -0.0578. The van der Waals surface area contributed by atoms with Crippen molar-refractivity contribution in [3.8, 4) is 0 Å². The van der Waals surface area contributed by atoms with E-state index in [1.807, 2.05) is 31.2 Å². The Hall–Kier alpha value is -1.13. The van der Waals surface area contributed by atoms with Gasteiger partial charge in [-0.25, -0.2) is 0 Å². The van der Waals surface area contributed by atoms with Crippen LogP contribution in [0.2, 0.25) is 0 Å². The van der Waals surface area contributed by atoms with Crippen molar-refractivity contribution in [2.45, 2.75) is 6.92 Å². The summed E-state index contributed by atoms with van der Waals surface area (Å²) in [6, 6.07) is 7.69. The minimum Gasteiger partial charge on any atom is -0.325 e. The SMILES string of the molecule is C=C(Br)CNCC(=O)Nc1ccc(C)cc1. The molecule has 0 spiro atoms. The third kappa shape index (κ3) is 5.09. The van der Waals surface area contributed by atoms with E-state index in [9.17, 15) is 4.79 Å². The van der Waals surface area contributed by atoms with Gasteiger partial charge >= 0.3 is 0 Å². The van der Waals surface area contributed by atoms with Gasteiger partial charge in [-0.15, -0.1) is 0 Å². The maximum atomic E-state index is 11.5. The van der Waals surface area contributed by atoms with Crippen LogP contribution in [0.25, 0.3) is 0 Å². The lowest BCUT2D eigenvalue weighted by atomic mass is 10.2. The zero-order valence-electron chi connectivity index (χ0n) is 9.22. The summed E-state index contributed by atoms with van der Waals surface area (Å²) in [5, 5.41) is 5.75. The molecule has 0 radical (unpaired) electrons. The number of aryl methyl sites for hydroxylation is 1. The molecule has 3 nitrogen and oxygen atoms in total. The van der Waals surface area contributed by atoms with Gasteiger partial charge in [-0.3, -0.25) is 4.79 Å². The fourth-order valence-corrected chi connectivity index (χ4v) is 1.35. The van der Waals surface area contributed by atoms with E-state index in [1.165, 1.54) is 5.56 Å². The normalized spacial score (nSPS) is 9.88. The molecule has 0 aliphatic heterocycles. The van der Waals surface area contributed by atoms with Crippen LogP contribution in [0.4, 0.5) is 5.69 Å². The zero-order chi connectivity index (χ0) is 12.0. The number of anilines is 1. The third-order valence-corrected chi connectivity index (χ3v) is 2.22. The highest BCUT2D eigenvalue weighted by Gasteiger charge is 2.01. The van der Waals surface area contributed by atoms with Crippen LogP contribution < -0.4 is 10.6 Å². The number of amides is 1. The third-order valence-electron chi connectivity index (χ3n) is 1.94. The number of hydrogen-bond acceptors (Lipinski definition) is 2. The number of halogens is 1. The highest BCUT2D eigenvalue weighted by atomic mass is 79.9. The Labute approximate surface area is 104 Å². The van der Waals surface area contributed by atoms with Crippen molar-refractivity contribution in [1.82, 2.24) is 5.32 Å². The number of hydrogen-bond donors (Lipinski definition) is 2. The first-order valence-corrected chi connectivity index (χ1v) is 5.78. The van der Waals surface area contributed by atoms with Crippen LogP contribution in [0, 0.1) is 6.92 Å². The molecule has 4 heteroatoms. The van der Waals surface area contributed by atoms with Gasteiger partial charge < -0.3 is 10.6 Å². The number of nitrogens with one attached hydrogen (secondary N) is 2. The van der Waals surface area contributed by atoms with Gasteiger partial charge in [-0.1, -0.05) is 40.2 Å². The Kier molecular flexibility index (Phi) is 5.22. The molecular weight excluding hydrogens is 268 g/mol. The summed E-state index contributed by atoms with van der Waals surface area (Å²) >= 11 is 3.21. The zero-order valence-corrected chi connectivity index (χ0v) is 10.8. The molecule has 16 heavy (non-hydrogen) atoms. The van der Waals surface area contributed by atoms with Crippen molar-refractivity contribution >= 4 is 27.5 Å². The van der Waals surface area contributed by atoms with Gasteiger partial charge in [0.25, 0.3) is 0 Å². The maximum Gasteiger partial charge on any atom is 0.238 e. The molecule has 0 aliphatic rings. The van der Waals surface area contributed by atoms with Crippen molar-refractivity contribution in [2.75, 3.05) is 18.4 Å². The smallest absolute Gasteiger partial charge is 0.238 e. The summed E-state index contributed by atoms with van der Waals surface area (Å²) in [4.78, 5) is 11.5. The van der Waals surface area contributed by atoms with E-state index in [1.54, 1.807) is 0 Å². The lowest BCUT2D eigenvalue weighted by molar-refractivity contribution is -0.115. The number of benzene rings is 1. The van der Waals surface area contributed by atoms with Crippen LogP contribution in [-0.2, 0) is 4.79 Å². The van der Waals surface area contributed by atoms with E-state index in [-0.39, 0.29) is 12.5 Å².